The van der Waals surface area contributed by atoms with Crippen LogP contribution in [0, 0.1) is 0 Å². The van der Waals surface area contributed by atoms with Crippen molar-refractivity contribution in [2.45, 2.75) is 57.0 Å². The third kappa shape index (κ3) is 3.72. The average molecular weight is 408 g/mol. The molecule has 1 fully saturated rings. The predicted molar refractivity (Wildman–Crippen MR) is 116 cm³/mol. The summed E-state index contributed by atoms with van der Waals surface area (Å²) < 4.78 is 1.67. The highest BCUT2D eigenvalue weighted by molar-refractivity contribution is 5.98. The quantitative estimate of drug-likeness (QED) is 0.586. The molecule has 4 N–H and O–H groups in total. The second-order valence-corrected chi connectivity index (χ2v) is 8.29. The maximum atomic E-state index is 12.3. The Bertz CT molecular complexity index is 980. The molecule has 1 aliphatic heterocycles. The van der Waals surface area contributed by atoms with E-state index < -0.39 is 5.91 Å². The summed E-state index contributed by atoms with van der Waals surface area (Å²) >= 11 is 0. The number of carbonyl (C=O) groups is 2. The van der Waals surface area contributed by atoms with Crippen LogP contribution in [0.5, 0.6) is 0 Å². The van der Waals surface area contributed by atoms with E-state index in [1.807, 2.05) is 0 Å². The number of aryl methyl sites for hydroxylation is 1. The number of hydrogen-bond acceptors (Lipinski definition) is 4. The molecular formula is C23H29N5O2. The Hall–Kier alpha value is -3.09. The fraction of sp³-hybridized carbons (Fsp3) is 0.435. The summed E-state index contributed by atoms with van der Waals surface area (Å²) in [5, 5.41) is 4.78. The van der Waals surface area contributed by atoms with Gasteiger partial charge in [-0.3, -0.25) is 9.59 Å². The van der Waals surface area contributed by atoms with Crippen molar-refractivity contribution in [2.75, 3.05) is 12.3 Å². The van der Waals surface area contributed by atoms with Crippen LogP contribution in [-0.4, -0.2) is 39.1 Å². The average Bonchev–Trinajstić information content (AvgIpc) is 3.25. The fourth-order valence-electron chi connectivity index (χ4n) is 4.94. The summed E-state index contributed by atoms with van der Waals surface area (Å²) in [6, 6.07) is 8.42. The molecule has 0 spiro atoms. The van der Waals surface area contributed by atoms with E-state index in [0.717, 1.165) is 38.5 Å². The smallest absolute Gasteiger partial charge is 0.254 e. The molecule has 7 nitrogen and oxygen atoms in total. The number of nitrogen functional groups attached to an aromatic ring is 1. The third-order valence-corrected chi connectivity index (χ3v) is 6.45. The zero-order chi connectivity index (χ0) is 21.3. The van der Waals surface area contributed by atoms with Gasteiger partial charge >= 0.3 is 0 Å². The van der Waals surface area contributed by atoms with E-state index in [9.17, 15) is 9.59 Å². The van der Waals surface area contributed by atoms with Crippen molar-refractivity contribution in [3.8, 4) is 0 Å². The highest BCUT2D eigenvalue weighted by atomic mass is 16.2. The van der Waals surface area contributed by atoms with Crippen molar-refractivity contribution in [1.29, 1.82) is 0 Å². The SMILES string of the molecule is C=CC(=O)N1CCC[C@H]1Cn1nc(C2CCCc3ccccc3C2)c(C(N)=O)c1N. The topological polar surface area (TPSA) is 107 Å². The summed E-state index contributed by atoms with van der Waals surface area (Å²) in [5.74, 6) is -0.238. The van der Waals surface area contributed by atoms with Gasteiger partial charge in [-0.1, -0.05) is 30.8 Å². The second-order valence-electron chi connectivity index (χ2n) is 8.29. The Balaban J connectivity index is 1.65. The lowest BCUT2D eigenvalue weighted by Crippen LogP contribution is -2.37. The van der Waals surface area contributed by atoms with Gasteiger partial charge in [-0.2, -0.15) is 5.10 Å². The Morgan fingerprint density at radius 1 is 1.20 bits per heavy atom. The van der Waals surface area contributed by atoms with Crippen LogP contribution >= 0.6 is 0 Å². The van der Waals surface area contributed by atoms with E-state index in [4.69, 9.17) is 16.6 Å². The maximum Gasteiger partial charge on any atom is 0.254 e. The first kappa shape index (κ1) is 20.2. The van der Waals surface area contributed by atoms with Crippen LogP contribution < -0.4 is 11.5 Å². The van der Waals surface area contributed by atoms with E-state index in [1.165, 1.54) is 17.2 Å². The number of anilines is 1. The van der Waals surface area contributed by atoms with Crippen molar-refractivity contribution >= 4 is 17.6 Å². The number of rotatable bonds is 5. The molecule has 1 saturated heterocycles. The number of primary amides is 1. The Morgan fingerprint density at radius 2 is 1.97 bits per heavy atom. The summed E-state index contributed by atoms with van der Waals surface area (Å²) in [6.45, 7) is 4.75. The molecule has 4 rings (SSSR count). The van der Waals surface area contributed by atoms with Crippen LogP contribution in [-0.2, 0) is 24.2 Å². The molecule has 158 valence electrons. The normalized spacial score (nSPS) is 21.1. The van der Waals surface area contributed by atoms with Crippen molar-refractivity contribution in [1.82, 2.24) is 14.7 Å². The van der Waals surface area contributed by atoms with Gasteiger partial charge in [0.1, 0.15) is 11.4 Å². The number of nitrogens with two attached hydrogens (primary N) is 2. The number of nitrogens with zero attached hydrogens (tertiary/aromatic N) is 3. The minimum atomic E-state index is -0.545. The van der Waals surface area contributed by atoms with Gasteiger partial charge in [0.05, 0.1) is 18.3 Å². The molecule has 30 heavy (non-hydrogen) atoms. The van der Waals surface area contributed by atoms with E-state index in [0.29, 0.717) is 30.2 Å². The molecule has 0 bridgehead atoms. The Kier molecular flexibility index (Phi) is 5.61. The minimum absolute atomic E-state index is 0.0128. The number of fused-ring (bicyclic) bond motifs is 1. The van der Waals surface area contributed by atoms with Crippen LogP contribution in [0.3, 0.4) is 0 Å². The highest BCUT2D eigenvalue weighted by Crippen LogP contribution is 2.35. The largest absolute Gasteiger partial charge is 0.383 e. The first-order valence-electron chi connectivity index (χ1n) is 10.7. The number of benzene rings is 1. The lowest BCUT2D eigenvalue weighted by atomic mass is 9.91. The van der Waals surface area contributed by atoms with E-state index in [-0.39, 0.29) is 17.9 Å². The molecule has 2 aliphatic rings. The third-order valence-electron chi connectivity index (χ3n) is 6.45. The number of hydrogen-bond donors (Lipinski definition) is 2. The molecule has 1 unspecified atom stereocenters. The van der Waals surface area contributed by atoms with Gasteiger partial charge < -0.3 is 16.4 Å². The van der Waals surface area contributed by atoms with Gasteiger partial charge in [0, 0.05) is 12.5 Å². The standard InChI is InChI=1S/C23H29N5O2/c1-2-19(29)27-12-6-11-18(27)14-28-22(24)20(23(25)30)21(26-28)17-10-5-9-15-7-3-4-8-16(15)13-17/h2-4,7-8,17-18H,1,5-6,9-14,24H2,(H2,25,30)/t17?,18-/m0/s1. The van der Waals surface area contributed by atoms with Gasteiger partial charge in [-0.05, 0) is 55.7 Å². The van der Waals surface area contributed by atoms with Gasteiger partial charge in [0.25, 0.3) is 5.91 Å². The fourth-order valence-corrected chi connectivity index (χ4v) is 4.94. The zero-order valence-corrected chi connectivity index (χ0v) is 17.2. The number of likely N-dealkylation sites (tertiary alicyclic amines) is 1. The molecule has 2 atom stereocenters. The number of carbonyl (C=O) groups excluding carboxylic acids is 2. The van der Waals surface area contributed by atoms with Crippen molar-refractivity contribution in [2.24, 2.45) is 5.73 Å². The first-order valence-corrected chi connectivity index (χ1v) is 10.7. The van der Waals surface area contributed by atoms with Crippen molar-refractivity contribution in [3.63, 3.8) is 0 Å². The molecular weight excluding hydrogens is 378 g/mol. The zero-order valence-electron chi connectivity index (χ0n) is 17.2. The van der Waals surface area contributed by atoms with E-state index in [1.54, 1.807) is 9.58 Å². The van der Waals surface area contributed by atoms with Crippen LogP contribution in [0.2, 0.25) is 0 Å². The van der Waals surface area contributed by atoms with Crippen LogP contribution in [0.4, 0.5) is 5.82 Å². The molecule has 2 amide bonds. The predicted octanol–water partition coefficient (Wildman–Crippen LogP) is 2.40. The Morgan fingerprint density at radius 3 is 2.70 bits per heavy atom. The second kappa shape index (κ2) is 8.34. The van der Waals surface area contributed by atoms with E-state index >= 15 is 0 Å². The van der Waals surface area contributed by atoms with Crippen molar-refractivity contribution < 1.29 is 9.59 Å². The van der Waals surface area contributed by atoms with Gasteiger partial charge in [0.15, 0.2) is 0 Å². The Labute approximate surface area is 176 Å². The van der Waals surface area contributed by atoms with Crippen LogP contribution in [0.15, 0.2) is 36.9 Å². The molecule has 2 heterocycles. The number of amides is 2. The molecule has 1 aromatic carbocycles. The van der Waals surface area contributed by atoms with Crippen LogP contribution in [0.1, 0.15) is 58.8 Å². The van der Waals surface area contributed by atoms with Gasteiger partial charge in [-0.25, -0.2) is 4.68 Å². The summed E-state index contributed by atoms with van der Waals surface area (Å²) in [7, 11) is 0. The lowest BCUT2D eigenvalue weighted by Gasteiger charge is -2.23. The molecule has 1 aliphatic carbocycles. The lowest BCUT2D eigenvalue weighted by molar-refractivity contribution is -0.127. The van der Waals surface area contributed by atoms with Gasteiger partial charge in [0.2, 0.25) is 5.91 Å². The summed E-state index contributed by atoms with van der Waals surface area (Å²) in [5.41, 5.74) is 15.8. The number of aromatic nitrogens is 2. The highest BCUT2D eigenvalue weighted by Gasteiger charge is 2.32. The summed E-state index contributed by atoms with van der Waals surface area (Å²) in [6.07, 6.45) is 6.94. The van der Waals surface area contributed by atoms with Crippen molar-refractivity contribution in [3.05, 3.63) is 59.3 Å². The van der Waals surface area contributed by atoms with Crippen LogP contribution in [0.25, 0.3) is 0 Å². The minimum Gasteiger partial charge on any atom is -0.383 e. The summed E-state index contributed by atoms with van der Waals surface area (Å²) in [4.78, 5) is 26.3. The van der Waals surface area contributed by atoms with Gasteiger partial charge in [-0.15, -0.1) is 0 Å². The molecule has 7 heteroatoms. The first-order chi connectivity index (χ1) is 14.5. The maximum absolute atomic E-state index is 12.3. The monoisotopic (exact) mass is 407 g/mol. The van der Waals surface area contributed by atoms with E-state index in [2.05, 4.69) is 30.8 Å². The molecule has 1 aromatic heterocycles. The molecule has 0 saturated carbocycles. The molecule has 0 radical (unpaired) electrons. The molecule has 2 aromatic rings.